The fourth-order valence-electron chi connectivity index (χ4n) is 3.09. The third-order valence-corrected chi connectivity index (χ3v) is 4.29. The standard InChI is InChI=1S/C19H26N2O4/c1-13(2)12-15-19(25)21(11-7-3-4-10-17(22)23)16-9-6-5-8-14(16)18(24)20-15/h5-6,8-9,13,15H,3-4,7,10-12H2,1-2H3,(H,20,24)(H,22,23)/t15-/m0/s1. The lowest BCUT2D eigenvalue weighted by Gasteiger charge is -2.26. The molecule has 2 amide bonds. The third-order valence-electron chi connectivity index (χ3n) is 4.29. The minimum atomic E-state index is -0.803. The lowest BCUT2D eigenvalue weighted by atomic mass is 10.0. The Balaban J connectivity index is 2.16. The van der Waals surface area contributed by atoms with Gasteiger partial charge in [-0.05, 0) is 37.3 Å². The second-order valence-electron chi connectivity index (χ2n) is 6.87. The molecule has 0 aromatic heterocycles. The molecule has 2 rings (SSSR count). The zero-order chi connectivity index (χ0) is 18.4. The number of hydrogen-bond acceptors (Lipinski definition) is 3. The molecule has 0 saturated heterocycles. The molecule has 0 spiro atoms. The van der Waals surface area contributed by atoms with Crippen LogP contribution in [-0.2, 0) is 9.59 Å². The Bertz CT molecular complexity index is 642. The van der Waals surface area contributed by atoms with Gasteiger partial charge >= 0.3 is 5.97 Å². The Kier molecular flexibility index (Phi) is 6.56. The number of rotatable bonds is 8. The number of benzene rings is 1. The van der Waals surface area contributed by atoms with Gasteiger partial charge in [0, 0.05) is 13.0 Å². The van der Waals surface area contributed by atoms with Crippen molar-refractivity contribution in [2.75, 3.05) is 11.4 Å². The van der Waals surface area contributed by atoms with Gasteiger partial charge < -0.3 is 15.3 Å². The number of unbranched alkanes of at least 4 members (excludes halogenated alkanes) is 2. The van der Waals surface area contributed by atoms with Gasteiger partial charge in [-0.3, -0.25) is 14.4 Å². The normalized spacial score (nSPS) is 17.2. The second kappa shape index (κ2) is 8.65. The van der Waals surface area contributed by atoms with Crippen LogP contribution in [0.25, 0.3) is 0 Å². The van der Waals surface area contributed by atoms with E-state index in [1.165, 1.54) is 0 Å². The molecular weight excluding hydrogens is 320 g/mol. The van der Waals surface area contributed by atoms with Gasteiger partial charge in [-0.2, -0.15) is 0 Å². The first-order valence-electron chi connectivity index (χ1n) is 8.83. The SMILES string of the molecule is CC(C)C[C@@H]1NC(=O)c2ccccc2N(CCCCCC(=O)O)C1=O. The van der Waals surface area contributed by atoms with E-state index in [0.29, 0.717) is 37.1 Å². The van der Waals surface area contributed by atoms with Crippen LogP contribution in [0.5, 0.6) is 0 Å². The van der Waals surface area contributed by atoms with Crippen LogP contribution < -0.4 is 10.2 Å². The van der Waals surface area contributed by atoms with Crippen molar-refractivity contribution in [2.24, 2.45) is 5.92 Å². The van der Waals surface area contributed by atoms with Crippen molar-refractivity contribution in [3.8, 4) is 0 Å². The first kappa shape index (κ1) is 19.0. The van der Waals surface area contributed by atoms with Crippen molar-refractivity contribution >= 4 is 23.5 Å². The van der Waals surface area contributed by atoms with Crippen LogP contribution in [0.4, 0.5) is 5.69 Å². The number of fused-ring (bicyclic) bond motifs is 1. The third kappa shape index (κ3) is 5.05. The van der Waals surface area contributed by atoms with Crippen molar-refractivity contribution in [3.05, 3.63) is 29.8 Å². The van der Waals surface area contributed by atoms with E-state index >= 15 is 0 Å². The predicted octanol–water partition coefficient (Wildman–Crippen LogP) is 2.82. The summed E-state index contributed by atoms with van der Waals surface area (Å²) in [6.07, 6.45) is 2.75. The highest BCUT2D eigenvalue weighted by Crippen LogP contribution is 2.26. The maximum absolute atomic E-state index is 13.0. The van der Waals surface area contributed by atoms with Crippen molar-refractivity contribution in [2.45, 2.75) is 52.0 Å². The Morgan fingerprint density at radius 1 is 1.20 bits per heavy atom. The van der Waals surface area contributed by atoms with Crippen LogP contribution in [0.3, 0.4) is 0 Å². The van der Waals surface area contributed by atoms with E-state index in [1.807, 2.05) is 19.9 Å². The van der Waals surface area contributed by atoms with Gasteiger partial charge in [0.1, 0.15) is 6.04 Å². The molecule has 1 atom stereocenters. The zero-order valence-corrected chi connectivity index (χ0v) is 14.8. The average molecular weight is 346 g/mol. The summed E-state index contributed by atoms with van der Waals surface area (Å²) in [7, 11) is 0. The Morgan fingerprint density at radius 3 is 2.60 bits per heavy atom. The van der Waals surface area contributed by atoms with E-state index in [-0.39, 0.29) is 24.2 Å². The van der Waals surface area contributed by atoms with Gasteiger partial charge in [0.15, 0.2) is 0 Å². The quantitative estimate of drug-likeness (QED) is 0.709. The molecule has 0 bridgehead atoms. The molecule has 0 aliphatic carbocycles. The van der Waals surface area contributed by atoms with Crippen LogP contribution in [0.15, 0.2) is 24.3 Å². The lowest BCUT2D eigenvalue weighted by molar-refractivity contribution is -0.137. The molecule has 6 heteroatoms. The number of hydrogen-bond donors (Lipinski definition) is 2. The highest BCUT2D eigenvalue weighted by molar-refractivity contribution is 6.10. The van der Waals surface area contributed by atoms with Crippen molar-refractivity contribution in [1.29, 1.82) is 0 Å². The van der Waals surface area contributed by atoms with Gasteiger partial charge in [0.25, 0.3) is 5.91 Å². The number of carboxylic acid groups (broad SMARTS) is 1. The van der Waals surface area contributed by atoms with Gasteiger partial charge in [-0.15, -0.1) is 0 Å². The van der Waals surface area contributed by atoms with Gasteiger partial charge in [0.05, 0.1) is 11.3 Å². The fourth-order valence-corrected chi connectivity index (χ4v) is 3.09. The summed E-state index contributed by atoms with van der Waals surface area (Å²) in [4.78, 5) is 37.7. The summed E-state index contributed by atoms with van der Waals surface area (Å²) in [5, 5.41) is 11.6. The number of carbonyl (C=O) groups is 3. The van der Waals surface area contributed by atoms with Gasteiger partial charge in [-0.1, -0.05) is 32.4 Å². The number of nitrogens with one attached hydrogen (secondary N) is 1. The number of amides is 2. The van der Waals surface area contributed by atoms with Crippen molar-refractivity contribution in [1.82, 2.24) is 5.32 Å². The number of nitrogens with zero attached hydrogens (tertiary/aromatic N) is 1. The summed E-state index contributed by atoms with van der Waals surface area (Å²) >= 11 is 0. The number of para-hydroxylation sites is 1. The first-order valence-corrected chi connectivity index (χ1v) is 8.83. The molecule has 0 unspecified atom stereocenters. The molecule has 6 nitrogen and oxygen atoms in total. The van der Waals surface area contributed by atoms with Crippen LogP contribution in [-0.4, -0.2) is 35.5 Å². The largest absolute Gasteiger partial charge is 0.481 e. The number of carbonyl (C=O) groups excluding carboxylic acids is 2. The second-order valence-corrected chi connectivity index (χ2v) is 6.87. The average Bonchev–Trinajstić information content (AvgIpc) is 2.64. The van der Waals surface area contributed by atoms with Gasteiger partial charge in [-0.25, -0.2) is 0 Å². The zero-order valence-electron chi connectivity index (χ0n) is 14.8. The fraction of sp³-hybridized carbons (Fsp3) is 0.526. The molecule has 0 radical (unpaired) electrons. The van der Waals surface area contributed by atoms with Crippen LogP contribution in [0, 0.1) is 5.92 Å². The minimum absolute atomic E-state index is 0.0924. The Morgan fingerprint density at radius 2 is 1.92 bits per heavy atom. The Labute approximate surface area is 148 Å². The summed E-state index contributed by atoms with van der Waals surface area (Å²) in [5.41, 5.74) is 1.14. The molecule has 1 aromatic rings. The van der Waals surface area contributed by atoms with E-state index in [4.69, 9.17) is 5.11 Å². The van der Waals surface area contributed by atoms with Crippen LogP contribution >= 0.6 is 0 Å². The molecule has 1 aliphatic rings. The van der Waals surface area contributed by atoms with E-state index in [2.05, 4.69) is 5.32 Å². The monoisotopic (exact) mass is 346 g/mol. The van der Waals surface area contributed by atoms with Crippen LogP contribution in [0.2, 0.25) is 0 Å². The highest BCUT2D eigenvalue weighted by atomic mass is 16.4. The number of anilines is 1. The molecule has 1 aliphatic heterocycles. The maximum Gasteiger partial charge on any atom is 0.303 e. The number of carboxylic acids is 1. The molecule has 0 saturated carbocycles. The van der Waals surface area contributed by atoms with Crippen molar-refractivity contribution < 1.29 is 19.5 Å². The molecular formula is C19H26N2O4. The van der Waals surface area contributed by atoms with Gasteiger partial charge in [0.2, 0.25) is 5.91 Å². The minimum Gasteiger partial charge on any atom is -0.481 e. The van der Waals surface area contributed by atoms with E-state index in [9.17, 15) is 14.4 Å². The predicted molar refractivity (Wildman–Crippen MR) is 95.6 cm³/mol. The van der Waals surface area contributed by atoms with E-state index < -0.39 is 12.0 Å². The summed E-state index contributed by atoms with van der Waals surface area (Å²) < 4.78 is 0. The summed E-state index contributed by atoms with van der Waals surface area (Å²) in [6, 6.07) is 6.60. The molecule has 2 N–H and O–H groups in total. The molecule has 1 aromatic carbocycles. The lowest BCUT2D eigenvalue weighted by Crippen LogP contribution is -2.46. The Hall–Kier alpha value is -2.37. The van der Waals surface area contributed by atoms with Crippen LogP contribution in [0.1, 0.15) is 56.3 Å². The molecule has 1 heterocycles. The summed E-state index contributed by atoms with van der Waals surface area (Å²) in [5.74, 6) is -0.830. The van der Waals surface area contributed by atoms with E-state index in [1.54, 1.807) is 23.1 Å². The maximum atomic E-state index is 13.0. The molecule has 136 valence electrons. The van der Waals surface area contributed by atoms with Crippen molar-refractivity contribution in [3.63, 3.8) is 0 Å². The summed E-state index contributed by atoms with van der Waals surface area (Å²) in [6.45, 7) is 4.53. The first-order chi connectivity index (χ1) is 11.9. The smallest absolute Gasteiger partial charge is 0.303 e. The van der Waals surface area contributed by atoms with E-state index in [0.717, 1.165) is 6.42 Å². The molecule has 0 fully saturated rings. The number of aliphatic carboxylic acids is 1. The highest BCUT2D eigenvalue weighted by Gasteiger charge is 2.33. The molecule has 25 heavy (non-hydrogen) atoms. The topological polar surface area (TPSA) is 86.7 Å².